The molecule has 0 aromatic carbocycles. The lowest BCUT2D eigenvalue weighted by atomic mass is 9.81. The highest BCUT2D eigenvalue weighted by molar-refractivity contribution is 5.94. The van der Waals surface area contributed by atoms with Crippen molar-refractivity contribution in [2.45, 2.75) is 12.8 Å². The average Bonchev–Trinajstić information content (AvgIpc) is 2.97. The first-order chi connectivity index (χ1) is 11.0. The summed E-state index contributed by atoms with van der Waals surface area (Å²) in [6, 6.07) is 3.43. The predicted molar refractivity (Wildman–Crippen MR) is 79.6 cm³/mol. The van der Waals surface area contributed by atoms with E-state index in [9.17, 15) is 19.5 Å². The highest BCUT2D eigenvalue weighted by atomic mass is 16.4. The minimum atomic E-state index is -1.02. The number of H-pyrrole nitrogens is 1. The van der Waals surface area contributed by atoms with Crippen LogP contribution in [-0.4, -0.2) is 63.9 Å². The van der Waals surface area contributed by atoms with Crippen LogP contribution in [0.15, 0.2) is 18.3 Å². The molecule has 0 radical (unpaired) electrons. The summed E-state index contributed by atoms with van der Waals surface area (Å²) >= 11 is 0. The summed E-state index contributed by atoms with van der Waals surface area (Å²) < 4.78 is 0. The van der Waals surface area contributed by atoms with E-state index in [0.29, 0.717) is 18.8 Å². The summed E-state index contributed by atoms with van der Waals surface area (Å²) in [5.41, 5.74) is -0.552. The first-order valence-corrected chi connectivity index (χ1v) is 7.96. The first-order valence-electron chi connectivity index (χ1n) is 7.96. The Hall–Kier alpha value is -2.31. The van der Waals surface area contributed by atoms with E-state index in [1.165, 1.54) is 0 Å². The van der Waals surface area contributed by atoms with Gasteiger partial charge in [-0.05, 0) is 25.0 Å². The molecule has 2 amide bonds. The van der Waals surface area contributed by atoms with Crippen LogP contribution in [0.2, 0.25) is 0 Å². The van der Waals surface area contributed by atoms with E-state index in [4.69, 9.17) is 0 Å². The first kappa shape index (κ1) is 14.3. The van der Waals surface area contributed by atoms with Gasteiger partial charge in [0.15, 0.2) is 0 Å². The number of amides is 2. The van der Waals surface area contributed by atoms with Gasteiger partial charge in [0.2, 0.25) is 5.91 Å². The zero-order chi connectivity index (χ0) is 16.2. The van der Waals surface area contributed by atoms with Crippen molar-refractivity contribution >= 4 is 17.8 Å². The Morgan fingerprint density at radius 3 is 2.43 bits per heavy atom. The highest BCUT2D eigenvalue weighted by Gasteiger charge is 2.60. The van der Waals surface area contributed by atoms with Crippen LogP contribution in [0.25, 0.3) is 0 Å². The summed E-state index contributed by atoms with van der Waals surface area (Å²) in [6.07, 6.45) is 3.50. The van der Waals surface area contributed by atoms with Crippen molar-refractivity contribution in [1.29, 1.82) is 0 Å². The van der Waals surface area contributed by atoms with E-state index < -0.39 is 11.4 Å². The number of hydrogen-bond acceptors (Lipinski definition) is 3. The van der Waals surface area contributed by atoms with Crippen LogP contribution in [0.4, 0.5) is 0 Å². The normalized spacial score (nSPS) is 29.7. The van der Waals surface area contributed by atoms with E-state index in [0.717, 1.165) is 12.8 Å². The Morgan fingerprint density at radius 1 is 1.17 bits per heavy atom. The Balaban J connectivity index is 1.54. The molecule has 1 aliphatic carbocycles. The molecule has 1 aromatic rings. The van der Waals surface area contributed by atoms with Gasteiger partial charge in [-0.1, -0.05) is 0 Å². The molecule has 23 heavy (non-hydrogen) atoms. The van der Waals surface area contributed by atoms with Crippen LogP contribution in [0.5, 0.6) is 0 Å². The zero-order valence-corrected chi connectivity index (χ0v) is 12.7. The molecule has 3 aliphatic rings. The van der Waals surface area contributed by atoms with Gasteiger partial charge in [-0.2, -0.15) is 0 Å². The van der Waals surface area contributed by atoms with Gasteiger partial charge in [0.25, 0.3) is 5.91 Å². The second-order valence-corrected chi connectivity index (χ2v) is 6.92. The monoisotopic (exact) mass is 317 g/mol. The molecule has 122 valence electrons. The lowest BCUT2D eigenvalue weighted by Gasteiger charge is -2.25. The number of aromatic amines is 1. The van der Waals surface area contributed by atoms with Gasteiger partial charge in [0, 0.05) is 44.2 Å². The van der Waals surface area contributed by atoms with Gasteiger partial charge in [0.1, 0.15) is 11.1 Å². The fourth-order valence-corrected chi connectivity index (χ4v) is 3.91. The predicted octanol–water partition coefficient (Wildman–Crippen LogP) is 0.410. The quantitative estimate of drug-likeness (QED) is 0.844. The SMILES string of the molecule is O=C(c1ccc[nH]1)N1C[C@@H]2CN(C(=O)C3CC3)C[C@]2(C(=O)O)C1. The Bertz CT molecular complexity index is 667. The summed E-state index contributed by atoms with van der Waals surface area (Å²) in [6.45, 7) is 1.21. The van der Waals surface area contributed by atoms with E-state index >= 15 is 0 Å². The number of nitrogens with zero attached hydrogens (tertiary/aromatic N) is 2. The van der Waals surface area contributed by atoms with E-state index in [-0.39, 0.29) is 36.7 Å². The molecular formula is C16H19N3O4. The van der Waals surface area contributed by atoms with Crippen molar-refractivity contribution in [3.8, 4) is 0 Å². The number of rotatable bonds is 3. The second kappa shape index (κ2) is 4.84. The highest BCUT2D eigenvalue weighted by Crippen LogP contribution is 2.45. The molecule has 2 N–H and O–H groups in total. The topological polar surface area (TPSA) is 93.7 Å². The van der Waals surface area contributed by atoms with Crippen molar-refractivity contribution in [2.24, 2.45) is 17.3 Å². The molecule has 0 unspecified atom stereocenters. The standard InChI is InChI=1S/C16H19N3O4/c20-13(10-3-4-10)18-6-11-7-19(9-16(11,8-18)15(22)23)14(21)12-2-1-5-17-12/h1-2,5,10-11,17H,3-4,6-9H2,(H,22,23)/t11-,16-/m0/s1. The third-order valence-corrected chi connectivity index (χ3v) is 5.39. The van der Waals surface area contributed by atoms with Gasteiger partial charge in [-0.15, -0.1) is 0 Å². The number of aromatic nitrogens is 1. The fraction of sp³-hybridized carbons (Fsp3) is 0.562. The Labute approximate surface area is 133 Å². The van der Waals surface area contributed by atoms with Gasteiger partial charge in [-0.3, -0.25) is 14.4 Å². The molecule has 1 saturated carbocycles. The van der Waals surface area contributed by atoms with Crippen LogP contribution in [0.3, 0.4) is 0 Å². The minimum Gasteiger partial charge on any atom is -0.481 e. The third-order valence-electron chi connectivity index (χ3n) is 5.39. The molecule has 4 rings (SSSR count). The molecule has 2 aliphatic heterocycles. The summed E-state index contributed by atoms with van der Waals surface area (Å²) in [5.74, 6) is -1.10. The number of carbonyl (C=O) groups excluding carboxylic acids is 2. The van der Waals surface area contributed by atoms with E-state index in [1.54, 1.807) is 28.1 Å². The number of fused-ring (bicyclic) bond motifs is 1. The van der Waals surface area contributed by atoms with Gasteiger partial charge in [-0.25, -0.2) is 0 Å². The average molecular weight is 317 g/mol. The molecule has 0 spiro atoms. The van der Waals surface area contributed by atoms with E-state index in [1.807, 2.05) is 0 Å². The van der Waals surface area contributed by atoms with Gasteiger partial charge >= 0.3 is 5.97 Å². The van der Waals surface area contributed by atoms with Crippen molar-refractivity contribution in [1.82, 2.24) is 14.8 Å². The molecule has 7 nitrogen and oxygen atoms in total. The number of likely N-dealkylation sites (tertiary alicyclic amines) is 2. The smallest absolute Gasteiger partial charge is 0.313 e. The second-order valence-electron chi connectivity index (χ2n) is 6.92. The van der Waals surface area contributed by atoms with Crippen molar-refractivity contribution in [3.63, 3.8) is 0 Å². The molecular weight excluding hydrogens is 298 g/mol. The third kappa shape index (κ3) is 2.14. The van der Waals surface area contributed by atoms with Crippen molar-refractivity contribution in [3.05, 3.63) is 24.0 Å². The fourth-order valence-electron chi connectivity index (χ4n) is 3.91. The van der Waals surface area contributed by atoms with Crippen molar-refractivity contribution < 1.29 is 19.5 Å². The summed E-state index contributed by atoms with van der Waals surface area (Å²) in [7, 11) is 0. The molecule has 7 heteroatoms. The summed E-state index contributed by atoms with van der Waals surface area (Å²) in [5, 5.41) is 9.77. The number of nitrogens with one attached hydrogen (secondary N) is 1. The number of carbonyl (C=O) groups is 3. The molecule has 3 heterocycles. The van der Waals surface area contributed by atoms with Gasteiger partial charge in [0.05, 0.1) is 0 Å². The maximum Gasteiger partial charge on any atom is 0.313 e. The minimum absolute atomic E-state index is 0.0854. The van der Waals surface area contributed by atoms with Crippen LogP contribution < -0.4 is 0 Å². The number of hydrogen-bond donors (Lipinski definition) is 2. The largest absolute Gasteiger partial charge is 0.481 e. The van der Waals surface area contributed by atoms with Gasteiger partial charge < -0.3 is 19.9 Å². The molecule has 2 saturated heterocycles. The van der Waals surface area contributed by atoms with Crippen LogP contribution in [-0.2, 0) is 9.59 Å². The van der Waals surface area contributed by atoms with Crippen LogP contribution in [0.1, 0.15) is 23.3 Å². The summed E-state index contributed by atoms with van der Waals surface area (Å²) in [4.78, 5) is 42.8. The maximum absolute atomic E-state index is 12.5. The van der Waals surface area contributed by atoms with E-state index in [2.05, 4.69) is 4.98 Å². The van der Waals surface area contributed by atoms with Crippen molar-refractivity contribution in [2.75, 3.05) is 26.2 Å². The lowest BCUT2D eigenvalue weighted by molar-refractivity contribution is -0.149. The number of carboxylic acid groups (broad SMARTS) is 1. The lowest BCUT2D eigenvalue weighted by Crippen LogP contribution is -2.43. The van der Waals surface area contributed by atoms with Crippen LogP contribution >= 0.6 is 0 Å². The Kier molecular flexibility index (Phi) is 3.01. The molecule has 2 atom stereocenters. The molecule has 3 fully saturated rings. The Morgan fingerprint density at radius 2 is 1.87 bits per heavy atom. The number of carboxylic acids is 1. The zero-order valence-electron chi connectivity index (χ0n) is 12.7. The van der Waals surface area contributed by atoms with Crippen LogP contribution in [0, 0.1) is 17.3 Å². The maximum atomic E-state index is 12.5. The number of aliphatic carboxylic acids is 1. The molecule has 1 aromatic heterocycles. The molecule has 0 bridgehead atoms.